The number of methoxy groups -OCH3 is 1. The molecular weight excluding hydrogens is 436 g/mol. The summed E-state index contributed by atoms with van der Waals surface area (Å²) in [7, 11) is 1.51. The van der Waals surface area contributed by atoms with Crippen LogP contribution in [-0.2, 0) is 6.18 Å². The van der Waals surface area contributed by atoms with Crippen LogP contribution in [0.15, 0.2) is 60.7 Å². The van der Waals surface area contributed by atoms with Crippen molar-refractivity contribution in [2.75, 3.05) is 12.4 Å². The summed E-state index contributed by atoms with van der Waals surface area (Å²) in [6.07, 6.45) is -4.42. The van der Waals surface area contributed by atoms with E-state index < -0.39 is 11.7 Å². The quantitative estimate of drug-likeness (QED) is 0.331. The molecule has 0 saturated heterocycles. The van der Waals surface area contributed by atoms with Crippen LogP contribution >= 0.6 is 23.2 Å². The molecule has 4 rings (SSSR count). The molecule has 3 aromatic carbocycles. The number of para-hydroxylation sites is 1. The Morgan fingerprint density at radius 2 is 1.67 bits per heavy atom. The number of halogens is 5. The Morgan fingerprint density at radius 1 is 0.933 bits per heavy atom. The second kappa shape index (κ2) is 7.78. The third-order valence-corrected chi connectivity index (χ3v) is 5.36. The van der Waals surface area contributed by atoms with Crippen molar-refractivity contribution >= 4 is 45.5 Å². The Balaban J connectivity index is 1.75. The second-order valence-electron chi connectivity index (χ2n) is 6.63. The highest BCUT2D eigenvalue weighted by atomic mass is 35.5. The van der Waals surface area contributed by atoms with Crippen molar-refractivity contribution in [2.45, 2.75) is 6.18 Å². The number of hydrogen-bond donors (Lipinski definition) is 2. The molecule has 30 heavy (non-hydrogen) atoms. The molecule has 1 aromatic heterocycles. The Kier molecular flexibility index (Phi) is 5.30. The van der Waals surface area contributed by atoms with Gasteiger partial charge in [0, 0.05) is 22.2 Å². The summed E-state index contributed by atoms with van der Waals surface area (Å²) in [6, 6.07) is 15.8. The van der Waals surface area contributed by atoms with Crippen molar-refractivity contribution in [3.63, 3.8) is 0 Å². The SMILES string of the molecule is COc1c(Nc2cccc(C(F)(F)F)c2)cccc1-c1cc2cc(Cl)c(Cl)cc2[nH]1. The molecule has 0 amide bonds. The number of fused-ring (bicyclic) bond motifs is 1. The molecule has 4 aromatic rings. The molecule has 1 heterocycles. The van der Waals surface area contributed by atoms with Gasteiger partial charge in [-0.2, -0.15) is 13.2 Å². The van der Waals surface area contributed by atoms with Crippen LogP contribution < -0.4 is 10.1 Å². The number of hydrogen-bond acceptors (Lipinski definition) is 2. The lowest BCUT2D eigenvalue weighted by atomic mass is 10.1. The van der Waals surface area contributed by atoms with Gasteiger partial charge in [-0.25, -0.2) is 0 Å². The van der Waals surface area contributed by atoms with Gasteiger partial charge in [0.2, 0.25) is 0 Å². The van der Waals surface area contributed by atoms with E-state index in [9.17, 15) is 13.2 Å². The number of rotatable bonds is 4. The van der Waals surface area contributed by atoms with Crippen molar-refractivity contribution in [3.8, 4) is 17.0 Å². The van der Waals surface area contributed by atoms with Crippen LogP contribution in [0.5, 0.6) is 5.75 Å². The van der Waals surface area contributed by atoms with Crippen molar-refractivity contribution in [3.05, 3.63) is 76.3 Å². The molecule has 0 radical (unpaired) electrons. The molecule has 2 N–H and O–H groups in total. The summed E-state index contributed by atoms with van der Waals surface area (Å²) < 4.78 is 44.6. The highest BCUT2D eigenvalue weighted by molar-refractivity contribution is 6.42. The first-order valence-electron chi connectivity index (χ1n) is 8.85. The van der Waals surface area contributed by atoms with E-state index in [0.29, 0.717) is 27.2 Å². The number of nitrogens with one attached hydrogen (secondary N) is 2. The van der Waals surface area contributed by atoms with Gasteiger partial charge in [-0.1, -0.05) is 35.3 Å². The molecule has 0 aliphatic heterocycles. The summed E-state index contributed by atoms with van der Waals surface area (Å²) in [5, 5.41) is 4.77. The van der Waals surface area contributed by atoms with Gasteiger partial charge in [0.05, 0.1) is 34.1 Å². The number of anilines is 2. The first-order valence-corrected chi connectivity index (χ1v) is 9.61. The minimum absolute atomic E-state index is 0.301. The van der Waals surface area contributed by atoms with Gasteiger partial charge in [0.1, 0.15) is 0 Å². The fraction of sp³-hybridized carbons (Fsp3) is 0.0909. The zero-order valence-electron chi connectivity index (χ0n) is 15.6. The molecule has 0 saturated carbocycles. The van der Waals surface area contributed by atoms with Crippen LogP contribution in [0, 0.1) is 0 Å². The van der Waals surface area contributed by atoms with Gasteiger partial charge < -0.3 is 15.0 Å². The van der Waals surface area contributed by atoms with Gasteiger partial charge in [-0.05, 0) is 48.5 Å². The molecule has 154 valence electrons. The highest BCUT2D eigenvalue weighted by Crippen LogP contribution is 2.40. The molecule has 0 spiro atoms. The van der Waals surface area contributed by atoms with Crippen molar-refractivity contribution in [1.29, 1.82) is 0 Å². The topological polar surface area (TPSA) is 37.0 Å². The van der Waals surface area contributed by atoms with Gasteiger partial charge in [0.25, 0.3) is 0 Å². The summed E-state index contributed by atoms with van der Waals surface area (Å²) in [4.78, 5) is 3.28. The average Bonchev–Trinajstić information content (AvgIpc) is 3.10. The maximum atomic E-state index is 13.0. The zero-order chi connectivity index (χ0) is 21.5. The number of aromatic nitrogens is 1. The zero-order valence-corrected chi connectivity index (χ0v) is 17.1. The van der Waals surface area contributed by atoms with Gasteiger partial charge in [-0.15, -0.1) is 0 Å². The fourth-order valence-corrected chi connectivity index (χ4v) is 3.60. The van der Waals surface area contributed by atoms with Crippen LogP contribution in [0.25, 0.3) is 22.2 Å². The number of alkyl halides is 3. The van der Waals surface area contributed by atoms with Gasteiger partial charge in [-0.3, -0.25) is 0 Å². The average molecular weight is 451 g/mol. The van der Waals surface area contributed by atoms with Crippen molar-refractivity contribution in [2.24, 2.45) is 0 Å². The first kappa shape index (κ1) is 20.4. The van der Waals surface area contributed by atoms with E-state index in [1.54, 1.807) is 30.3 Å². The van der Waals surface area contributed by atoms with E-state index in [1.165, 1.54) is 13.2 Å². The van der Waals surface area contributed by atoms with E-state index in [4.69, 9.17) is 27.9 Å². The molecular formula is C22H15Cl2F3N2O. The number of benzene rings is 3. The predicted molar refractivity (Wildman–Crippen MR) is 115 cm³/mol. The Bertz CT molecular complexity index is 1200. The highest BCUT2D eigenvalue weighted by Gasteiger charge is 2.30. The van der Waals surface area contributed by atoms with Crippen LogP contribution in [0.4, 0.5) is 24.5 Å². The molecule has 0 unspecified atom stereocenters. The van der Waals surface area contributed by atoms with E-state index in [0.717, 1.165) is 34.3 Å². The molecule has 0 aliphatic carbocycles. The summed E-state index contributed by atoms with van der Waals surface area (Å²) in [5.74, 6) is 0.485. The van der Waals surface area contributed by atoms with Crippen molar-refractivity contribution in [1.82, 2.24) is 4.98 Å². The third-order valence-electron chi connectivity index (χ3n) is 4.64. The second-order valence-corrected chi connectivity index (χ2v) is 7.44. The lowest BCUT2D eigenvalue weighted by Gasteiger charge is -2.15. The van der Waals surface area contributed by atoms with E-state index >= 15 is 0 Å². The maximum absolute atomic E-state index is 13.0. The van der Waals surface area contributed by atoms with Crippen LogP contribution in [0.2, 0.25) is 10.0 Å². The Hall–Kier alpha value is -2.83. The summed E-state index contributed by atoms with van der Waals surface area (Å²) in [6.45, 7) is 0. The molecule has 3 nitrogen and oxygen atoms in total. The molecule has 0 aliphatic rings. The van der Waals surface area contributed by atoms with Gasteiger partial charge in [0.15, 0.2) is 5.75 Å². The lowest BCUT2D eigenvalue weighted by molar-refractivity contribution is -0.137. The smallest absolute Gasteiger partial charge is 0.416 e. The monoisotopic (exact) mass is 450 g/mol. The minimum Gasteiger partial charge on any atom is -0.494 e. The summed E-state index contributed by atoms with van der Waals surface area (Å²) in [5.41, 5.74) is 2.40. The number of ether oxygens (including phenoxy) is 1. The predicted octanol–water partition coefficient (Wildman–Crippen LogP) is 7.91. The van der Waals surface area contributed by atoms with Crippen LogP contribution in [0.3, 0.4) is 0 Å². The maximum Gasteiger partial charge on any atom is 0.416 e. The minimum atomic E-state index is -4.42. The molecule has 0 fully saturated rings. The molecule has 0 atom stereocenters. The fourth-order valence-electron chi connectivity index (χ4n) is 3.27. The Morgan fingerprint density at radius 3 is 2.40 bits per heavy atom. The normalized spacial score (nSPS) is 11.7. The van der Waals surface area contributed by atoms with Crippen molar-refractivity contribution < 1.29 is 17.9 Å². The van der Waals surface area contributed by atoms with E-state index in [-0.39, 0.29) is 0 Å². The Labute approximate surface area is 180 Å². The largest absolute Gasteiger partial charge is 0.494 e. The van der Waals surface area contributed by atoms with Gasteiger partial charge >= 0.3 is 6.18 Å². The molecule has 8 heteroatoms. The van der Waals surface area contributed by atoms with Crippen LogP contribution in [0.1, 0.15) is 5.56 Å². The lowest BCUT2D eigenvalue weighted by Crippen LogP contribution is -2.05. The standard InChI is InChI=1S/C22H15Cl2F3N2O/c1-30-21-15(20-9-12-8-16(23)17(24)11-19(12)29-20)6-3-7-18(21)28-14-5-2-4-13(10-14)22(25,26)27/h2-11,28-29H,1H3. The van der Waals surface area contributed by atoms with E-state index in [1.807, 2.05) is 12.1 Å². The summed E-state index contributed by atoms with van der Waals surface area (Å²) >= 11 is 12.2. The molecule has 0 bridgehead atoms. The number of aromatic amines is 1. The van der Waals surface area contributed by atoms with Crippen LogP contribution in [-0.4, -0.2) is 12.1 Å². The van der Waals surface area contributed by atoms with E-state index in [2.05, 4.69) is 10.3 Å². The first-order chi connectivity index (χ1) is 14.3. The number of H-pyrrole nitrogens is 1. The third kappa shape index (κ3) is 3.93.